The van der Waals surface area contributed by atoms with E-state index in [-0.39, 0.29) is 6.10 Å². The first-order chi connectivity index (χ1) is 9.78. The first kappa shape index (κ1) is 14.6. The minimum absolute atomic E-state index is 0.209. The van der Waals surface area contributed by atoms with E-state index in [0.717, 1.165) is 25.3 Å². The molecule has 1 N–H and O–H groups in total. The lowest BCUT2D eigenvalue weighted by atomic mass is 10.2. The Kier molecular flexibility index (Phi) is 5.63. The smallest absolute Gasteiger partial charge is 0.120 e. The number of hydrogen-bond donors (Lipinski definition) is 1. The van der Waals surface area contributed by atoms with Crippen LogP contribution < -0.4 is 10.1 Å². The van der Waals surface area contributed by atoms with Crippen molar-refractivity contribution in [3.8, 4) is 5.75 Å². The summed E-state index contributed by atoms with van der Waals surface area (Å²) < 4.78 is 6.02. The summed E-state index contributed by atoms with van der Waals surface area (Å²) in [4.78, 5) is 0. The van der Waals surface area contributed by atoms with Gasteiger partial charge in [-0.3, -0.25) is 0 Å². The maximum atomic E-state index is 6.02. The number of nitrogens with one attached hydrogen (secondary N) is 1. The summed E-state index contributed by atoms with van der Waals surface area (Å²) in [7, 11) is 0. The van der Waals surface area contributed by atoms with Crippen LogP contribution in [0.1, 0.15) is 24.5 Å². The van der Waals surface area contributed by atoms with Gasteiger partial charge in [-0.15, -0.1) is 0 Å². The number of ether oxygens (including phenoxy) is 1. The minimum atomic E-state index is 0.209. The van der Waals surface area contributed by atoms with E-state index in [1.807, 2.05) is 18.2 Å². The van der Waals surface area contributed by atoms with E-state index in [4.69, 9.17) is 4.74 Å². The van der Waals surface area contributed by atoms with Gasteiger partial charge < -0.3 is 10.1 Å². The fourth-order valence-corrected chi connectivity index (χ4v) is 2.12. The molecule has 2 aromatic rings. The molecule has 0 saturated heterocycles. The molecular weight excluding hydrogens is 246 g/mol. The minimum Gasteiger partial charge on any atom is -0.489 e. The quantitative estimate of drug-likeness (QED) is 0.822. The van der Waals surface area contributed by atoms with E-state index >= 15 is 0 Å². The summed E-state index contributed by atoms with van der Waals surface area (Å²) >= 11 is 0. The maximum Gasteiger partial charge on any atom is 0.120 e. The number of hydrogen-bond acceptors (Lipinski definition) is 2. The summed E-state index contributed by atoms with van der Waals surface area (Å²) in [5.41, 5.74) is 2.53. The van der Waals surface area contributed by atoms with Crippen molar-refractivity contribution >= 4 is 0 Å². The maximum absolute atomic E-state index is 6.02. The average Bonchev–Trinajstić information content (AvgIpc) is 2.47. The number of rotatable bonds is 7. The van der Waals surface area contributed by atoms with Crippen molar-refractivity contribution in [1.82, 2.24) is 5.32 Å². The monoisotopic (exact) mass is 269 g/mol. The normalized spacial score (nSPS) is 12.1. The van der Waals surface area contributed by atoms with Crippen LogP contribution in [0, 0.1) is 6.92 Å². The molecule has 2 aromatic carbocycles. The summed E-state index contributed by atoms with van der Waals surface area (Å²) in [5, 5.41) is 3.46. The molecule has 0 aliphatic carbocycles. The molecule has 0 saturated carbocycles. The second-order valence-corrected chi connectivity index (χ2v) is 5.08. The second kappa shape index (κ2) is 7.71. The van der Waals surface area contributed by atoms with Crippen molar-refractivity contribution in [3.05, 3.63) is 65.7 Å². The van der Waals surface area contributed by atoms with Crippen molar-refractivity contribution in [1.29, 1.82) is 0 Å². The van der Waals surface area contributed by atoms with Crippen molar-refractivity contribution in [3.63, 3.8) is 0 Å². The summed E-state index contributed by atoms with van der Waals surface area (Å²) in [6.07, 6.45) is 1.20. The van der Waals surface area contributed by atoms with E-state index in [1.165, 1.54) is 11.1 Å². The molecule has 0 aliphatic heterocycles. The van der Waals surface area contributed by atoms with Gasteiger partial charge in [0.1, 0.15) is 11.9 Å². The number of benzene rings is 2. The molecule has 2 nitrogen and oxygen atoms in total. The van der Waals surface area contributed by atoms with Gasteiger partial charge in [0.2, 0.25) is 0 Å². The Bertz CT molecular complexity index is 510. The summed E-state index contributed by atoms with van der Waals surface area (Å²) in [6, 6.07) is 18.7. The zero-order valence-corrected chi connectivity index (χ0v) is 12.3. The Balaban J connectivity index is 1.80. The van der Waals surface area contributed by atoms with Gasteiger partial charge in [-0.1, -0.05) is 49.4 Å². The first-order valence-electron chi connectivity index (χ1n) is 7.26. The second-order valence-electron chi connectivity index (χ2n) is 5.08. The van der Waals surface area contributed by atoms with E-state index in [2.05, 4.69) is 55.6 Å². The fourth-order valence-electron chi connectivity index (χ4n) is 2.12. The van der Waals surface area contributed by atoms with E-state index in [1.54, 1.807) is 0 Å². The highest BCUT2D eigenvalue weighted by Crippen LogP contribution is 2.15. The predicted molar refractivity (Wildman–Crippen MR) is 84.0 cm³/mol. The van der Waals surface area contributed by atoms with Crippen LogP contribution in [-0.4, -0.2) is 12.6 Å². The Hall–Kier alpha value is -1.80. The lowest BCUT2D eigenvalue weighted by molar-refractivity contribution is 0.193. The van der Waals surface area contributed by atoms with Crippen molar-refractivity contribution in [2.45, 2.75) is 32.9 Å². The molecule has 0 fully saturated rings. The third-order valence-electron chi connectivity index (χ3n) is 3.29. The van der Waals surface area contributed by atoms with Crippen LogP contribution in [0.3, 0.4) is 0 Å². The van der Waals surface area contributed by atoms with Gasteiger partial charge in [-0.25, -0.2) is 0 Å². The summed E-state index contributed by atoms with van der Waals surface area (Å²) in [6.45, 7) is 5.99. The molecule has 2 heteroatoms. The molecule has 0 unspecified atom stereocenters. The molecule has 0 bridgehead atoms. The Morgan fingerprint density at radius 1 is 1.05 bits per heavy atom. The van der Waals surface area contributed by atoms with Gasteiger partial charge in [0.15, 0.2) is 0 Å². The van der Waals surface area contributed by atoms with Gasteiger partial charge >= 0.3 is 0 Å². The predicted octanol–water partition coefficient (Wildman–Crippen LogP) is 3.94. The Morgan fingerprint density at radius 2 is 1.85 bits per heavy atom. The average molecular weight is 269 g/mol. The highest BCUT2D eigenvalue weighted by atomic mass is 16.5. The lowest BCUT2D eigenvalue weighted by Gasteiger charge is -2.18. The van der Waals surface area contributed by atoms with Crippen LogP contribution in [0.25, 0.3) is 0 Å². The van der Waals surface area contributed by atoms with Crippen LogP contribution in [0.15, 0.2) is 54.6 Å². The van der Waals surface area contributed by atoms with Gasteiger partial charge in [-0.2, -0.15) is 0 Å². The highest BCUT2D eigenvalue weighted by Gasteiger charge is 2.07. The SMILES string of the molecule is CC[C@@H](CNCc1ccccc1)Oc1cccc(C)c1. The van der Waals surface area contributed by atoms with Gasteiger partial charge in [0, 0.05) is 13.1 Å². The van der Waals surface area contributed by atoms with Crippen molar-refractivity contribution in [2.24, 2.45) is 0 Å². The molecule has 2 rings (SSSR count). The molecule has 0 spiro atoms. The Labute approximate surface area is 121 Å². The molecule has 0 aliphatic rings. The Morgan fingerprint density at radius 3 is 2.55 bits per heavy atom. The highest BCUT2D eigenvalue weighted by molar-refractivity contribution is 5.27. The topological polar surface area (TPSA) is 21.3 Å². The van der Waals surface area contributed by atoms with E-state index in [0.29, 0.717) is 0 Å². The molecule has 0 aromatic heterocycles. The molecule has 1 atom stereocenters. The standard InChI is InChI=1S/C18H23NO/c1-3-17(20-18-11-7-8-15(2)12-18)14-19-13-16-9-5-4-6-10-16/h4-12,17,19H,3,13-14H2,1-2H3/t17-/m0/s1. The molecule has 20 heavy (non-hydrogen) atoms. The summed E-state index contributed by atoms with van der Waals surface area (Å²) in [5.74, 6) is 0.957. The lowest BCUT2D eigenvalue weighted by Crippen LogP contribution is -2.30. The third-order valence-corrected chi connectivity index (χ3v) is 3.29. The molecule has 0 radical (unpaired) electrons. The fraction of sp³-hybridized carbons (Fsp3) is 0.333. The van der Waals surface area contributed by atoms with Crippen LogP contribution >= 0.6 is 0 Å². The van der Waals surface area contributed by atoms with Crippen LogP contribution in [-0.2, 0) is 6.54 Å². The molecular formula is C18H23NO. The van der Waals surface area contributed by atoms with Crippen molar-refractivity contribution < 1.29 is 4.74 Å². The van der Waals surface area contributed by atoms with E-state index < -0.39 is 0 Å². The van der Waals surface area contributed by atoms with Gasteiger partial charge in [0.05, 0.1) is 0 Å². The van der Waals surface area contributed by atoms with Crippen molar-refractivity contribution in [2.75, 3.05) is 6.54 Å². The van der Waals surface area contributed by atoms with Crippen LogP contribution in [0.5, 0.6) is 5.75 Å². The molecule has 0 heterocycles. The van der Waals surface area contributed by atoms with Gasteiger partial charge in [-0.05, 0) is 36.6 Å². The van der Waals surface area contributed by atoms with E-state index in [9.17, 15) is 0 Å². The first-order valence-corrected chi connectivity index (χ1v) is 7.26. The van der Waals surface area contributed by atoms with Crippen LogP contribution in [0.2, 0.25) is 0 Å². The number of aryl methyl sites for hydroxylation is 1. The molecule has 106 valence electrons. The van der Waals surface area contributed by atoms with Crippen LogP contribution in [0.4, 0.5) is 0 Å². The third kappa shape index (κ3) is 4.71. The molecule has 0 amide bonds. The zero-order valence-electron chi connectivity index (χ0n) is 12.3. The van der Waals surface area contributed by atoms with Gasteiger partial charge in [0.25, 0.3) is 0 Å². The zero-order chi connectivity index (χ0) is 14.2. The largest absolute Gasteiger partial charge is 0.489 e.